The van der Waals surface area contributed by atoms with Crippen molar-refractivity contribution in [2.45, 2.75) is 50.0 Å². The van der Waals surface area contributed by atoms with Crippen LogP contribution in [0.2, 0.25) is 0 Å². The van der Waals surface area contributed by atoms with Crippen molar-refractivity contribution in [1.29, 1.82) is 5.26 Å². The van der Waals surface area contributed by atoms with Gasteiger partial charge in [-0.2, -0.15) is 21.0 Å². The van der Waals surface area contributed by atoms with Gasteiger partial charge in [0, 0.05) is 48.4 Å². The van der Waals surface area contributed by atoms with E-state index < -0.39 is 16.1 Å². The van der Waals surface area contributed by atoms with Crippen molar-refractivity contribution in [2.24, 2.45) is 5.92 Å². The molecule has 1 saturated heterocycles. The molecule has 3 fully saturated rings. The lowest BCUT2D eigenvalue weighted by Crippen LogP contribution is -2.42. The molecule has 6 rings (SSSR count). The third-order valence-corrected chi connectivity index (χ3v) is 10.4. The van der Waals surface area contributed by atoms with Crippen LogP contribution in [0.5, 0.6) is 5.75 Å². The average Bonchev–Trinajstić information content (AvgIpc) is 3.63. The number of amides is 1. The Kier molecular flexibility index (Phi) is 7.45. The van der Waals surface area contributed by atoms with Crippen molar-refractivity contribution in [1.82, 2.24) is 15.1 Å². The third-order valence-electron chi connectivity index (χ3n) is 8.76. The molecule has 3 N–H and O–H groups in total. The molecule has 9 nitrogen and oxygen atoms in total. The van der Waals surface area contributed by atoms with Crippen LogP contribution >= 0.6 is 10.6 Å². The quantitative estimate of drug-likeness (QED) is 0.337. The van der Waals surface area contributed by atoms with Gasteiger partial charge in [-0.3, -0.25) is 13.9 Å². The zero-order valence-corrected chi connectivity index (χ0v) is 24.1. The summed E-state index contributed by atoms with van der Waals surface area (Å²) in [5.74, 6) is 1.18. The molecule has 1 aromatic heterocycles. The molecule has 1 aliphatic heterocycles. The molecule has 3 aliphatic rings. The van der Waals surface area contributed by atoms with E-state index in [0.717, 1.165) is 59.6 Å². The maximum absolute atomic E-state index is 13.5. The summed E-state index contributed by atoms with van der Waals surface area (Å²) < 4.78 is 27.3. The Hall–Kier alpha value is -3.52. The topological polar surface area (TPSA) is 124 Å². The highest BCUT2D eigenvalue weighted by molar-refractivity contribution is 8.24. The van der Waals surface area contributed by atoms with Crippen molar-refractivity contribution < 1.29 is 18.6 Å². The molecule has 0 radical (unpaired) electrons. The number of ether oxygens (including phenoxy) is 1. The highest BCUT2D eigenvalue weighted by atomic mass is 32.3. The van der Waals surface area contributed by atoms with E-state index in [1.165, 1.54) is 0 Å². The first kappa shape index (κ1) is 27.6. The Morgan fingerprint density at radius 1 is 1.10 bits per heavy atom. The van der Waals surface area contributed by atoms with Gasteiger partial charge in [-0.25, -0.2) is 4.68 Å². The third kappa shape index (κ3) is 5.80. The predicted molar refractivity (Wildman–Crippen MR) is 161 cm³/mol. The summed E-state index contributed by atoms with van der Waals surface area (Å²) >= 11 is 0. The minimum atomic E-state index is -2.46. The van der Waals surface area contributed by atoms with Crippen LogP contribution in [0, 0.1) is 17.2 Å². The lowest BCUT2D eigenvalue weighted by Gasteiger charge is -2.41. The standard InChI is InChI=1S/C31H37N5O4S/c1-40-25-6-4-5-24(19-25)36-20-28(22-9-11-23(12-10-22)35-15-17-41(38,39)18-16-35)29(34-36)26-7-2-3-8-27(26)30(37)33-31(21-32)13-14-31/h4-6,9-12,19-20,26-27,38-39H,2-3,7-8,13-18H2,1H3,(H,33,37)/t26-,27-/m1/s1. The van der Waals surface area contributed by atoms with Gasteiger partial charge in [0.2, 0.25) is 5.91 Å². The second-order valence-electron chi connectivity index (χ2n) is 11.5. The van der Waals surface area contributed by atoms with E-state index in [0.29, 0.717) is 37.4 Å². The van der Waals surface area contributed by atoms with Crippen LogP contribution in [0.15, 0.2) is 54.7 Å². The van der Waals surface area contributed by atoms with E-state index in [1.54, 1.807) is 7.11 Å². The number of methoxy groups -OCH3 is 1. The first-order chi connectivity index (χ1) is 19.8. The minimum Gasteiger partial charge on any atom is -0.497 e. The molecule has 216 valence electrons. The zero-order chi connectivity index (χ0) is 28.6. The Morgan fingerprint density at radius 3 is 2.51 bits per heavy atom. The van der Waals surface area contributed by atoms with E-state index in [-0.39, 0.29) is 17.7 Å². The molecule has 41 heavy (non-hydrogen) atoms. The summed E-state index contributed by atoms with van der Waals surface area (Å²) in [5, 5.41) is 17.7. The van der Waals surface area contributed by atoms with Gasteiger partial charge in [0.15, 0.2) is 0 Å². The van der Waals surface area contributed by atoms with Crippen molar-refractivity contribution in [3.05, 3.63) is 60.4 Å². The summed E-state index contributed by atoms with van der Waals surface area (Å²) in [7, 11) is -0.812. The summed E-state index contributed by atoms with van der Waals surface area (Å²) in [6.07, 6.45) is 7.10. The van der Waals surface area contributed by atoms with E-state index in [9.17, 15) is 19.2 Å². The van der Waals surface area contributed by atoms with Gasteiger partial charge >= 0.3 is 0 Å². The number of nitrogens with zero attached hydrogens (tertiary/aromatic N) is 4. The fraction of sp³-hybridized carbons (Fsp3) is 0.452. The smallest absolute Gasteiger partial charge is 0.225 e. The van der Waals surface area contributed by atoms with Crippen LogP contribution in [0.1, 0.15) is 50.1 Å². The van der Waals surface area contributed by atoms with E-state index in [4.69, 9.17) is 9.84 Å². The summed E-state index contributed by atoms with van der Waals surface area (Å²) in [5.41, 5.74) is 4.12. The number of rotatable bonds is 7. The molecule has 2 saturated carbocycles. The lowest BCUT2D eigenvalue weighted by molar-refractivity contribution is -0.127. The number of aromatic nitrogens is 2. The molecule has 10 heteroatoms. The highest BCUT2D eigenvalue weighted by Gasteiger charge is 2.47. The van der Waals surface area contributed by atoms with Crippen LogP contribution in [0.4, 0.5) is 5.69 Å². The number of carbonyl (C=O) groups is 1. The van der Waals surface area contributed by atoms with Crippen molar-refractivity contribution in [3.8, 4) is 28.6 Å². The summed E-state index contributed by atoms with van der Waals surface area (Å²) in [4.78, 5) is 15.7. The number of nitrogens with one attached hydrogen (secondary N) is 1. The van der Waals surface area contributed by atoms with Crippen LogP contribution in [-0.4, -0.2) is 62.0 Å². The minimum absolute atomic E-state index is 0.0398. The second kappa shape index (κ2) is 11.0. The predicted octanol–water partition coefficient (Wildman–Crippen LogP) is 5.56. The summed E-state index contributed by atoms with van der Waals surface area (Å²) in [6.45, 7) is 1.23. The van der Waals surface area contributed by atoms with Crippen LogP contribution in [-0.2, 0) is 4.79 Å². The maximum Gasteiger partial charge on any atom is 0.225 e. The van der Waals surface area contributed by atoms with Crippen LogP contribution in [0.3, 0.4) is 0 Å². The number of hydrogen-bond acceptors (Lipinski definition) is 7. The zero-order valence-electron chi connectivity index (χ0n) is 23.3. The molecule has 0 unspecified atom stereocenters. The Morgan fingerprint density at radius 2 is 1.83 bits per heavy atom. The van der Waals surface area contributed by atoms with Gasteiger partial charge in [-0.15, -0.1) is 0 Å². The molecule has 3 aromatic rings. The molecule has 0 spiro atoms. The van der Waals surface area contributed by atoms with Gasteiger partial charge in [0.05, 0.1) is 36.1 Å². The number of carbonyl (C=O) groups excluding carboxylic acids is 1. The normalized spacial score (nSPS) is 23.7. The number of benzene rings is 2. The first-order valence-electron chi connectivity index (χ1n) is 14.4. The van der Waals surface area contributed by atoms with Crippen LogP contribution in [0.25, 0.3) is 16.8 Å². The Labute approximate surface area is 242 Å². The average molecular weight is 576 g/mol. The number of nitriles is 1. The van der Waals surface area contributed by atoms with E-state index >= 15 is 0 Å². The number of hydrogen-bond donors (Lipinski definition) is 3. The molecule has 2 aliphatic carbocycles. The SMILES string of the molecule is COc1cccc(-n2cc(-c3ccc(N4CCS(O)(O)CC4)cc3)c([C@@H]3CCCC[C@H]3C(=O)NC3(C#N)CC3)n2)c1. The number of anilines is 1. The van der Waals surface area contributed by atoms with Crippen molar-refractivity contribution in [2.75, 3.05) is 36.6 Å². The first-order valence-corrected chi connectivity index (χ1v) is 16.2. The highest BCUT2D eigenvalue weighted by Crippen LogP contribution is 2.44. The van der Waals surface area contributed by atoms with Gasteiger partial charge in [0.25, 0.3) is 0 Å². The molecule has 0 bridgehead atoms. The summed E-state index contributed by atoms with van der Waals surface area (Å²) in [6, 6.07) is 18.4. The maximum atomic E-state index is 13.5. The molecule has 2 heterocycles. The van der Waals surface area contributed by atoms with E-state index in [2.05, 4.69) is 40.6 Å². The molecular formula is C31H37N5O4S. The molecule has 1 amide bonds. The van der Waals surface area contributed by atoms with E-state index in [1.807, 2.05) is 35.1 Å². The monoisotopic (exact) mass is 575 g/mol. The van der Waals surface area contributed by atoms with Gasteiger partial charge in [-0.05, 0) is 55.5 Å². The molecule has 2 atom stereocenters. The van der Waals surface area contributed by atoms with Gasteiger partial charge < -0.3 is 15.0 Å². The Bertz CT molecular complexity index is 1450. The second-order valence-corrected chi connectivity index (χ2v) is 13.9. The van der Waals surface area contributed by atoms with Crippen LogP contribution < -0.4 is 15.0 Å². The fourth-order valence-corrected chi connectivity index (χ4v) is 7.33. The largest absolute Gasteiger partial charge is 0.497 e. The van der Waals surface area contributed by atoms with Crippen molar-refractivity contribution in [3.63, 3.8) is 0 Å². The lowest BCUT2D eigenvalue weighted by atomic mass is 9.75. The fourth-order valence-electron chi connectivity index (χ4n) is 6.10. The van der Waals surface area contributed by atoms with Gasteiger partial charge in [0.1, 0.15) is 11.3 Å². The Balaban J connectivity index is 1.35. The molecular weight excluding hydrogens is 538 g/mol. The van der Waals surface area contributed by atoms with Gasteiger partial charge in [-0.1, -0.05) is 31.0 Å². The van der Waals surface area contributed by atoms with Crippen molar-refractivity contribution >= 4 is 22.2 Å². The molecule has 2 aromatic carbocycles.